The van der Waals surface area contributed by atoms with Gasteiger partial charge in [0.1, 0.15) is 11.6 Å². The molecule has 154 valence electrons. The van der Waals surface area contributed by atoms with Gasteiger partial charge in [-0.15, -0.1) is 0 Å². The van der Waals surface area contributed by atoms with Crippen LogP contribution >= 0.6 is 12.6 Å². The Morgan fingerprint density at radius 3 is 3.07 bits per heavy atom. The number of hydrogen-bond acceptors (Lipinski definition) is 7. The molecular formula is C19H25N7O2S. The molecule has 3 aromatic heterocycles. The number of anilines is 2. The first-order valence-electron chi connectivity index (χ1n) is 9.75. The van der Waals surface area contributed by atoms with Gasteiger partial charge in [0, 0.05) is 41.9 Å². The highest BCUT2D eigenvalue weighted by Gasteiger charge is 2.30. The van der Waals surface area contributed by atoms with E-state index < -0.39 is 0 Å². The Bertz CT molecular complexity index is 1000. The number of ether oxygens (including phenoxy) is 1. The first kappa shape index (κ1) is 19.6. The van der Waals surface area contributed by atoms with Crippen molar-refractivity contribution < 1.29 is 9.53 Å². The molecule has 0 spiro atoms. The summed E-state index contributed by atoms with van der Waals surface area (Å²) in [5.41, 5.74) is 2.77. The fourth-order valence-corrected chi connectivity index (χ4v) is 3.78. The second-order valence-corrected chi connectivity index (χ2v) is 7.89. The quantitative estimate of drug-likeness (QED) is 0.460. The van der Waals surface area contributed by atoms with E-state index in [1.54, 1.807) is 16.9 Å². The molecular weight excluding hydrogens is 390 g/mol. The van der Waals surface area contributed by atoms with Crippen molar-refractivity contribution in [1.82, 2.24) is 30.1 Å². The Balaban J connectivity index is 1.41. The van der Waals surface area contributed by atoms with Crippen molar-refractivity contribution in [3.05, 3.63) is 35.9 Å². The minimum absolute atomic E-state index is 0.0682. The molecule has 1 amide bonds. The highest BCUT2D eigenvalue weighted by Crippen LogP contribution is 2.36. The Labute approximate surface area is 174 Å². The SMILES string of the molecule is CC(C)NC(=O)OC1CCC(c2cc(Nc3nccn4nc(CS)cc34)n[nH]2)C1. The van der Waals surface area contributed by atoms with Crippen molar-refractivity contribution in [2.75, 3.05) is 5.32 Å². The molecule has 2 atom stereocenters. The van der Waals surface area contributed by atoms with Crippen LogP contribution in [0.15, 0.2) is 24.5 Å². The number of rotatable bonds is 6. The maximum absolute atomic E-state index is 11.8. The maximum Gasteiger partial charge on any atom is 0.407 e. The first-order valence-corrected chi connectivity index (χ1v) is 10.4. The fraction of sp³-hybridized carbons (Fsp3) is 0.474. The third-order valence-corrected chi connectivity index (χ3v) is 5.28. The number of aromatic amines is 1. The zero-order valence-corrected chi connectivity index (χ0v) is 17.3. The Morgan fingerprint density at radius 1 is 1.41 bits per heavy atom. The van der Waals surface area contributed by atoms with Crippen LogP contribution in [0.1, 0.15) is 50.4 Å². The predicted molar refractivity (Wildman–Crippen MR) is 113 cm³/mol. The van der Waals surface area contributed by atoms with E-state index in [-0.39, 0.29) is 24.2 Å². The highest BCUT2D eigenvalue weighted by atomic mass is 32.1. The van der Waals surface area contributed by atoms with Crippen LogP contribution in [0.3, 0.4) is 0 Å². The molecule has 0 radical (unpaired) electrons. The minimum Gasteiger partial charge on any atom is -0.446 e. The molecule has 1 aliphatic carbocycles. The van der Waals surface area contributed by atoms with Crippen LogP contribution in [-0.4, -0.2) is 43.0 Å². The highest BCUT2D eigenvalue weighted by molar-refractivity contribution is 7.79. The van der Waals surface area contributed by atoms with Crippen LogP contribution in [0.4, 0.5) is 16.4 Å². The van der Waals surface area contributed by atoms with Crippen molar-refractivity contribution in [2.24, 2.45) is 0 Å². The lowest BCUT2D eigenvalue weighted by Crippen LogP contribution is -2.33. The summed E-state index contributed by atoms with van der Waals surface area (Å²) in [6.07, 6.45) is 5.66. The Hall–Kier alpha value is -2.75. The molecule has 9 nitrogen and oxygen atoms in total. The van der Waals surface area contributed by atoms with Gasteiger partial charge in [-0.2, -0.15) is 22.8 Å². The van der Waals surface area contributed by atoms with E-state index in [0.717, 1.165) is 36.2 Å². The van der Waals surface area contributed by atoms with Crippen LogP contribution in [0.5, 0.6) is 0 Å². The van der Waals surface area contributed by atoms with E-state index >= 15 is 0 Å². The lowest BCUT2D eigenvalue weighted by Gasteiger charge is -2.14. The minimum atomic E-state index is -0.349. The van der Waals surface area contributed by atoms with Gasteiger partial charge in [0.15, 0.2) is 11.6 Å². The number of amides is 1. The Kier molecular flexibility index (Phi) is 5.61. The summed E-state index contributed by atoms with van der Waals surface area (Å²) in [5.74, 6) is 2.22. The molecule has 10 heteroatoms. The summed E-state index contributed by atoms with van der Waals surface area (Å²) in [5, 5.41) is 17.9. The number of H-pyrrole nitrogens is 1. The number of carbonyl (C=O) groups is 1. The van der Waals surface area contributed by atoms with Gasteiger partial charge in [-0.25, -0.2) is 14.3 Å². The monoisotopic (exact) mass is 415 g/mol. The zero-order chi connectivity index (χ0) is 20.4. The van der Waals surface area contributed by atoms with E-state index in [1.807, 2.05) is 26.0 Å². The Morgan fingerprint density at radius 2 is 2.28 bits per heavy atom. The number of carbonyl (C=O) groups excluding carboxylic acids is 1. The number of alkyl carbamates (subject to hydrolysis) is 1. The van der Waals surface area contributed by atoms with Gasteiger partial charge in [-0.3, -0.25) is 5.10 Å². The van der Waals surface area contributed by atoms with E-state index in [1.165, 1.54) is 0 Å². The van der Waals surface area contributed by atoms with Gasteiger partial charge in [0.05, 0.1) is 5.69 Å². The number of nitrogens with one attached hydrogen (secondary N) is 3. The second-order valence-electron chi connectivity index (χ2n) is 7.57. The van der Waals surface area contributed by atoms with Crippen LogP contribution in [0.25, 0.3) is 5.52 Å². The summed E-state index contributed by atoms with van der Waals surface area (Å²) >= 11 is 4.28. The smallest absolute Gasteiger partial charge is 0.407 e. The van der Waals surface area contributed by atoms with Gasteiger partial charge in [0.2, 0.25) is 0 Å². The summed E-state index contributed by atoms with van der Waals surface area (Å²) in [6, 6.07) is 4.01. The molecule has 2 unspecified atom stereocenters. The molecule has 0 aliphatic heterocycles. The van der Waals surface area contributed by atoms with E-state index in [4.69, 9.17) is 4.74 Å². The summed E-state index contributed by atoms with van der Waals surface area (Å²) < 4.78 is 7.28. The van der Waals surface area contributed by atoms with Gasteiger partial charge < -0.3 is 15.4 Å². The fourth-order valence-electron chi connectivity index (χ4n) is 3.63. The van der Waals surface area contributed by atoms with Crippen LogP contribution in [-0.2, 0) is 10.5 Å². The molecule has 0 saturated heterocycles. The molecule has 4 rings (SSSR count). The summed E-state index contributed by atoms with van der Waals surface area (Å²) in [4.78, 5) is 16.2. The summed E-state index contributed by atoms with van der Waals surface area (Å²) in [6.45, 7) is 3.83. The number of thiol groups is 1. The number of fused-ring (bicyclic) bond motifs is 1. The molecule has 3 aromatic rings. The molecule has 0 bridgehead atoms. The van der Waals surface area contributed by atoms with Crippen molar-refractivity contribution in [1.29, 1.82) is 0 Å². The number of hydrogen-bond donors (Lipinski definition) is 4. The van der Waals surface area contributed by atoms with Crippen LogP contribution in [0, 0.1) is 0 Å². The van der Waals surface area contributed by atoms with Gasteiger partial charge >= 0.3 is 6.09 Å². The van der Waals surface area contributed by atoms with E-state index in [2.05, 4.69) is 43.5 Å². The van der Waals surface area contributed by atoms with E-state index in [9.17, 15) is 4.79 Å². The van der Waals surface area contributed by atoms with Gasteiger partial charge in [0.25, 0.3) is 0 Å². The molecule has 3 N–H and O–H groups in total. The number of aromatic nitrogens is 5. The average molecular weight is 416 g/mol. The van der Waals surface area contributed by atoms with Crippen LogP contribution in [0.2, 0.25) is 0 Å². The van der Waals surface area contributed by atoms with Crippen molar-refractivity contribution in [3.8, 4) is 0 Å². The standard InChI is InChI=1S/C19H25N7O2S/c1-11(2)21-19(27)28-14-4-3-12(7-14)15-9-17(24-23-15)22-18-16-8-13(10-29)25-26(16)6-5-20-18/h5-6,8-9,11-12,14,29H,3-4,7,10H2,1-2H3,(H,21,27)(H2,20,22,23,24). The molecule has 3 heterocycles. The lowest BCUT2D eigenvalue weighted by molar-refractivity contribution is 0.0981. The van der Waals surface area contributed by atoms with Crippen molar-refractivity contribution in [2.45, 2.75) is 56.9 Å². The van der Waals surface area contributed by atoms with Crippen LogP contribution < -0.4 is 10.6 Å². The molecule has 0 aromatic carbocycles. The third kappa shape index (κ3) is 4.47. The maximum atomic E-state index is 11.8. The largest absolute Gasteiger partial charge is 0.446 e. The number of nitrogens with zero attached hydrogens (tertiary/aromatic N) is 4. The summed E-state index contributed by atoms with van der Waals surface area (Å²) in [7, 11) is 0. The zero-order valence-electron chi connectivity index (χ0n) is 16.4. The normalized spacial score (nSPS) is 19.0. The predicted octanol–water partition coefficient (Wildman–Crippen LogP) is 3.40. The molecule has 1 saturated carbocycles. The van der Waals surface area contributed by atoms with Gasteiger partial charge in [-0.1, -0.05) is 0 Å². The lowest BCUT2D eigenvalue weighted by atomic mass is 10.0. The van der Waals surface area contributed by atoms with E-state index in [0.29, 0.717) is 17.4 Å². The molecule has 1 aliphatic rings. The van der Waals surface area contributed by atoms with Crippen molar-refractivity contribution in [3.63, 3.8) is 0 Å². The third-order valence-electron chi connectivity index (χ3n) is 4.95. The van der Waals surface area contributed by atoms with Crippen molar-refractivity contribution >= 4 is 35.9 Å². The first-order chi connectivity index (χ1) is 14.0. The topological polar surface area (TPSA) is 109 Å². The molecule has 29 heavy (non-hydrogen) atoms. The van der Waals surface area contributed by atoms with Gasteiger partial charge in [-0.05, 0) is 39.2 Å². The average Bonchev–Trinajstić information content (AvgIpc) is 3.40. The molecule has 1 fully saturated rings. The second kappa shape index (κ2) is 8.32.